The zero-order valence-corrected chi connectivity index (χ0v) is 18.6. The molecule has 0 aliphatic heterocycles. The number of ether oxygens (including phenoxy) is 3. The highest BCUT2D eigenvalue weighted by atomic mass is 35.5. The van der Waals surface area contributed by atoms with Gasteiger partial charge in [-0.3, -0.25) is 4.79 Å². The van der Waals surface area contributed by atoms with Gasteiger partial charge in [0, 0.05) is 18.4 Å². The van der Waals surface area contributed by atoms with E-state index in [1.54, 1.807) is 50.4 Å². The van der Waals surface area contributed by atoms with Crippen LogP contribution in [0.4, 0.5) is 18.9 Å². The number of nitrogens with one attached hydrogen (secondary N) is 1. The van der Waals surface area contributed by atoms with Crippen molar-refractivity contribution in [3.05, 3.63) is 76.8 Å². The van der Waals surface area contributed by atoms with E-state index >= 15 is 0 Å². The van der Waals surface area contributed by atoms with Gasteiger partial charge in [-0.2, -0.15) is 0 Å². The molecular formula is C24H21ClF3NO4. The molecule has 0 aromatic heterocycles. The van der Waals surface area contributed by atoms with E-state index in [0.717, 1.165) is 0 Å². The van der Waals surface area contributed by atoms with Gasteiger partial charge in [0.1, 0.15) is 18.1 Å². The summed E-state index contributed by atoms with van der Waals surface area (Å²) in [6.45, 7) is 2.53. The smallest absolute Gasteiger partial charge is 0.490 e. The molecule has 1 N–H and O–H groups in total. The van der Waals surface area contributed by atoms with E-state index in [2.05, 4.69) is 10.1 Å². The fourth-order valence-corrected chi connectivity index (χ4v) is 3.39. The van der Waals surface area contributed by atoms with Gasteiger partial charge in [0.25, 0.3) is 5.91 Å². The first-order valence-corrected chi connectivity index (χ1v) is 10.2. The molecule has 0 saturated carbocycles. The Bertz CT molecular complexity index is 1120. The normalized spacial score (nSPS) is 11.2. The second-order valence-corrected chi connectivity index (χ2v) is 7.40. The second-order valence-electron chi connectivity index (χ2n) is 6.99. The number of alkyl halides is 3. The molecule has 0 spiro atoms. The number of amides is 1. The molecule has 0 atom stereocenters. The molecule has 0 bridgehead atoms. The predicted octanol–water partition coefficient (Wildman–Crippen LogP) is 6.49. The Balaban J connectivity index is 1.76. The molecule has 3 aromatic carbocycles. The molecule has 0 aliphatic rings. The number of carbonyl (C=O) groups excluding carboxylic acids is 1. The molecule has 5 nitrogen and oxygen atoms in total. The summed E-state index contributed by atoms with van der Waals surface area (Å²) in [5, 5.41) is 3.14. The van der Waals surface area contributed by atoms with E-state index in [0.29, 0.717) is 51.9 Å². The van der Waals surface area contributed by atoms with Crippen LogP contribution in [0.15, 0.2) is 60.7 Å². The van der Waals surface area contributed by atoms with Gasteiger partial charge in [-0.1, -0.05) is 35.9 Å². The number of methoxy groups -OCH3 is 1. The Morgan fingerprint density at radius 1 is 1.03 bits per heavy atom. The Morgan fingerprint density at radius 3 is 2.39 bits per heavy atom. The molecule has 3 rings (SSSR count). The zero-order valence-electron chi connectivity index (χ0n) is 17.8. The first-order chi connectivity index (χ1) is 15.7. The lowest BCUT2D eigenvalue weighted by Crippen LogP contribution is -2.17. The van der Waals surface area contributed by atoms with Crippen LogP contribution in [-0.2, 0) is 4.74 Å². The number of hydrogen-bond donors (Lipinski definition) is 1. The van der Waals surface area contributed by atoms with Crippen molar-refractivity contribution in [1.29, 1.82) is 0 Å². The van der Waals surface area contributed by atoms with Crippen LogP contribution in [0.3, 0.4) is 0 Å². The number of halogens is 4. The van der Waals surface area contributed by atoms with Gasteiger partial charge in [-0.25, -0.2) is 0 Å². The summed E-state index contributed by atoms with van der Waals surface area (Å²) in [6.07, 6.45) is -4.76. The third-order valence-electron chi connectivity index (χ3n) is 4.71. The van der Waals surface area contributed by atoms with Gasteiger partial charge < -0.3 is 19.5 Å². The van der Waals surface area contributed by atoms with Crippen molar-refractivity contribution in [2.24, 2.45) is 0 Å². The third kappa shape index (κ3) is 6.63. The Labute approximate surface area is 194 Å². The average molecular weight is 480 g/mol. The number of hydrogen-bond acceptors (Lipinski definition) is 4. The first-order valence-electron chi connectivity index (χ1n) is 9.86. The monoisotopic (exact) mass is 479 g/mol. The Hall–Kier alpha value is -3.23. The van der Waals surface area contributed by atoms with Crippen LogP contribution in [0.25, 0.3) is 11.1 Å². The fourth-order valence-electron chi connectivity index (χ4n) is 3.16. The van der Waals surface area contributed by atoms with Gasteiger partial charge in [-0.15, -0.1) is 13.2 Å². The van der Waals surface area contributed by atoms with Crippen molar-refractivity contribution in [3.63, 3.8) is 0 Å². The number of benzene rings is 3. The van der Waals surface area contributed by atoms with Crippen LogP contribution in [-0.4, -0.2) is 32.6 Å². The maximum Gasteiger partial charge on any atom is 0.573 e. The number of carbonyl (C=O) groups is 1. The van der Waals surface area contributed by atoms with Crippen LogP contribution in [0.2, 0.25) is 5.02 Å². The van der Waals surface area contributed by atoms with Crippen LogP contribution in [0.1, 0.15) is 15.9 Å². The van der Waals surface area contributed by atoms with Gasteiger partial charge in [0.2, 0.25) is 0 Å². The van der Waals surface area contributed by atoms with Crippen LogP contribution in [0, 0.1) is 6.92 Å². The SMILES string of the molecule is COCCOc1ccc(NC(=O)c2cccc(-c3ccc(OC(F)(F)F)cc3)c2C)cc1Cl. The van der Waals surface area contributed by atoms with Crippen molar-refractivity contribution < 1.29 is 32.2 Å². The average Bonchev–Trinajstić information content (AvgIpc) is 2.75. The van der Waals surface area contributed by atoms with Crippen molar-refractivity contribution in [3.8, 4) is 22.6 Å². The quantitative estimate of drug-likeness (QED) is 0.375. The van der Waals surface area contributed by atoms with E-state index in [1.807, 2.05) is 0 Å². The lowest BCUT2D eigenvalue weighted by molar-refractivity contribution is -0.274. The standard InChI is InChI=1S/C24H21ClF3NO4/c1-15-19(16-6-9-18(10-7-16)33-24(26,27)28)4-3-5-20(15)23(30)29-17-8-11-22(21(25)14-17)32-13-12-31-2/h3-11,14H,12-13H2,1-2H3,(H,29,30). The van der Waals surface area contributed by atoms with Gasteiger partial charge in [0.05, 0.1) is 11.6 Å². The highest BCUT2D eigenvalue weighted by molar-refractivity contribution is 6.32. The lowest BCUT2D eigenvalue weighted by Gasteiger charge is -2.14. The van der Waals surface area contributed by atoms with Crippen LogP contribution < -0.4 is 14.8 Å². The molecule has 0 fully saturated rings. The summed E-state index contributed by atoms with van der Waals surface area (Å²) >= 11 is 6.23. The maximum atomic E-state index is 12.9. The van der Waals surface area contributed by atoms with Crippen LogP contribution >= 0.6 is 11.6 Å². The third-order valence-corrected chi connectivity index (χ3v) is 5.01. The summed E-state index contributed by atoms with van der Waals surface area (Å²) < 4.78 is 51.5. The molecule has 1 amide bonds. The lowest BCUT2D eigenvalue weighted by atomic mass is 9.96. The number of rotatable bonds is 8. The summed E-state index contributed by atoms with van der Waals surface area (Å²) in [5.41, 5.74) is 2.94. The molecule has 0 radical (unpaired) electrons. The van der Waals surface area contributed by atoms with Crippen molar-refractivity contribution in [1.82, 2.24) is 0 Å². The molecular weight excluding hydrogens is 459 g/mol. The highest BCUT2D eigenvalue weighted by Gasteiger charge is 2.31. The molecule has 0 saturated heterocycles. The summed E-state index contributed by atoms with van der Waals surface area (Å²) in [4.78, 5) is 12.9. The Kier molecular flexibility index (Phi) is 7.84. The molecule has 174 valence electrons. The largest absolute Gasteiger partial charge is 0.573 e. The van der Waals surface area contributed by atoms with Gasteiger partial charge in [0.15, 0.2) is 0 Å². The van der Waals surface area contributed by atoms with Gasteiger partial charge in [-0.05, 0) is 60.0 Å². The first kappa shape index (κ1) is 24.4. The summed E-state index contributed by atoms with van der Waals surface area (Å²) in [7, 11) is 1.57. The minimum Gasteiger partial charge on any atom is -0.490 e. The second kappa shape index (κ2) is 10.6. The zero-order chi connectivity index (χ0) is 24.0. The van der Waals surface area contributed by atoms with Crippen LogP contribution in [0.5, 0.6) is 11.5 Å². The van der Waals surface area contributed by atoms with Crippen molar-refractivity contribution >= 4 is 23.2 Å². The topological polar surface area (TPSA) is 56.8 Å². The van der Waals surface area contributed by atoms with Gasteiger partial charge >= 0.3 is 6.36 Å². The van der Waals surface area contributed by atoms with Crippen molar-refractivity contribution in [2.45, 2.75) is 13.3 Å². The minimum absolute atomic E-state index is 0.315. The molecule has 9 heteroatoms. The van der Waals surface area contributed by atoms with E-state index in [4.69, 9.17) is 21.1 Å². The van der Waals surface area contributed by atoms with E-state index < -0.39 is 6.36 Å². The molecule has 0 heterocycles. The van der Waals surface area contributed by atoms with E-state index in [9.17, 15) is 18.0 Å². The van der Waals surface area contributed by atoms with E-state index in [1.165, 1.54) is 24.3 Å². The maximum absolute atomic E-state index is 12.9. The van der Waals surface area contributed by atoms with Crippen molar-refractivity contribution in [2.75, 3.05) is 25.6 Å². The molecule has 3 aromatic rings. The number of anilines is 1. The Morgan fingerprint density at radius 2 is 1.76 bits per heavy atom. The molecule has 33 heavy (non-hydrogen) atoms. The summed E-state index contributed by atoms with van der Waals surface area (Å²) in [6, 6.07) is 15.5. The molecule has 0 aliphatic carbocycles. The fraction of sp³-hybridized carbons (Fsp3) is 0.208. The molecule has 0 unspecified atom stereocenters. The van der Waals surface area contributed by atoms with E-state index in [-0.39, 0.29) is 11.7 Å². The summed E-state index contributed by atoms with van der Waals surface area (Å²) in [5.74, 6) is -0.192. The highest BCUT2D eigenvalue weighted by Crippen LogP contribution is 2.31. The minimum atomic E-state index is -4.76. The predicted molar refractivity (Wildman–Crippen MR) is 120 cm³/mol.